The van der Waals surface area contributed by atoms with Gasteiger partial charge in [0.15, 0.2) is 0 Å². The van der Waals surface area contributed by atoms with E-state index in [1.165, 1.54) is 64.8 Å². The van der Waals surface area contributed by atoms with Gasteiger partial charge in [-0.15, -0.1) is 0 Å². The second kappa shape index (κ2) is 8.93. The van der Waals surface area contributed by atoms with Crippen molar-refractivity contribution in [2.24, 2.45) is 0 Å². The lowest BCUT2D eigenvalue weighted by atomic mass is 10.1. The second-order valence-electron chi connectivity index (χ2n) is 5.59. The van der Waals surface area contributed by atoms with Crippen LogP contribution < -0.4 is 0 Å². The van der Waals surface area contributed by atoms with Crippen LogP contribution in [0, 0.1) is 6.92 Å². The van der Waals surface area contributed by atoms with Crippen LogP contribution in [-0.4, -0.2) is 48.6 Å². The predicted molar refractivity (Wildman–Crippen MR) is 76.2 cm³/mol. The van der Waals surface area contributed by atoms with Gasteiger partial charge in [0.25, 0.3) is 0 Å². The van der Waals surface area contributed by atoms with Gasteiger partial charge in [-0.2, -0.15) is 0 Å². The molecule has 0 aliphatic carbocycles. The third-order valence-corrected chi connectivity index (χ3v) is 3.86. The monoisotopic (exact) mass is 239 g/mol. The summed E-state index contributed by atoms with van der Waals surface area (Å²) in [6.07, 6.45) is 8.00. The first-order valence-corrected chi connectivity index (χ1v) is 7.49. The van der Waals surface area contributed by atoms with E-state index in [0.717, 1.165) is 12.5 Å². The van der Waals surface area contributed by atoms with Crippen LogP contribution in [0.2, 0.25) is 0 Å². The Morgan fingerprint density at radius 1 is 0.882 bits per heavy atom. The standard InChI is InChI=1S/C15H31N2/c1-4-5-6-7-8-9-10-16-11-13-17(14-12-16)15(2)3/h15H,1,4-14H2,2-3H3. The fourth-order valence-corrected chi connectivity index (χ4v) is 2.55. The minimum Gasteiger partial charge on any atom is -0.301 e. The van der Waals surface area contributed by atoms with E-state index >= 15 is 0 Å². The summed E-state index contributed by atoms with van der Waals surface area (Å²) in [5, 5.41) is 0. The summed E-state index contributed by atoms with van der Waals surface area (Å²) in [4.78, 5) is 5.23. The summed E-state index contributed by atoms with van der Waals surface area (Å²) in [7, 11) is 0. The van der Waals surface area contributed by atoms with Crippen LogP contribution in [-0.2, 0) is 0 Å². The van der Waals surface area contributed by atoms with E-state index in [0.29, 0.717) is 0 Å². The third kappa shape index (κ3) is 6.42. The highest BCUT2D eigenvalue weighted by atomic mass is 15.3. The van der Waals surface area contributed by atoms with Crippen molar-refractivity contribution in [3.63, 3.8) is 0 Å². The van der Waals surface area contributed by atoms with Crippen LogP contribution in [0.1, 0.15) is 52.4 Å². The van der Waals surface area contributed by atoms with Gasteiger partial charge >= 0.3 is 0 Å². The van der Waals surface area contributed by atoms with E-state index in [4.69, 9.17) is 0 Å². The number of piperazine rings is 1. The quantitative estimate of drug-likeness (QED) is 0.600. The number of hydrogen-bond donors (Lipinski definition) is 0. The number of rotatable bonds is 8. The average Bonchev–Trinajstić information content (AvgIpc) is 2.34. The van der Waals surface area contributed by atoms with Crippen molar-refractivity contribution in [1.29, 1.82) is 0 Å². The molecule has 0 N–H and O–H groups in total. The molecule has 17 heavy (non-hydrogen) atoms. The molecule has 1 rings (SSSR count). The Hall–Kier alpha value is -0.0800. The van der Waals surface area contributed by atoms with Gasteiger partial charge in [-0.25, -0.2) is 0 Å². The minimum absolute atomic E-state index is 0.722. The van der Waals surface area contributed by atoms with Crippen LogP contribution in [0.4, 0.5) is 0 Å². The molecule has 1 aliphatic heterocycles. The van der Waals surface area contributed by atoms with Gasteiger partial charge < -0.3 is 4.90 Å². The molecule has 1 saturated heterocycles. The molecular formula is C15H31N2. The van der Waals surface area contributed by atoms with Gasteiger partial charge in [0.2, 0.25) is 0 Å². The van der Waals surface area contributed by atoms with Crippen LogP contribution in [0.25, 0.3) is 0 Å². The first-order chi connectivity index (χ1) is 8.24. The molecule has 101 valence electrons. The molecule has 2 nitrogen and oxygen atoms in total. The van der Waals surface area contributed by atoms with Crippen molar-refractivity contribution in [1.82, 2.24) is 9.80 Å². The summed E-state index contributed by atoms with van der Waals surface area (Å²) in [6, 6.07) is 0.722. The van der Waals surface area contributed by atoms with Crippen LogP contribution in [0.5, 0.6) is 0 Å². The van der Waals surface area contributed by atoms with Crippen LogP contribution in [0.15, 0.2) is 0 Å². The molecule has 0 bridgehead atoms. The zero-order valence-electron chi connectivity index (χ0n) is 12.0. The molecule has 1 aliphatic rings. The summed E-state index contributed by atoms with van der Waals surface area (Å²) in [5.41, 5.74) is 0. The Morgan fingerprint density at radius 3 is 2.06 bits per heavy atom. The summed E-state index contributed by atoms with van der Waals surface area (Å²) in [6.45, 7) is 14.9. The average molecular weight is 239 g/mol. The van der Waals surface area contributed by atoms with Crippen LogP contribution >= 0.6 is 0 Å². The first-order valence-electron chi connectivity index (χ1n) is 7.49. The van der Waals surface area contributed by atoms with E-state index in [1.807, 2.05) is 0 Å². The fourth-order valence-electron chi connectivity index (χ4n) is 2.55. The Morgan fingerprint density at radius 2 is 1.47 bits per heavy atom. The van der Waals surface area contributed by atoms with E-state index in [1.54, 1.807) is 0 Å². The molecule has 0 spiro atoms. The highest BCUT2D eigenvalue weighted by molar-refractivity contribution is 4.73. The van der Waals surface area contributed by atoms with Crippen molar-refractivity contribution in [3.8, 4) is 0 Å². The second-order valence-corrected chi connectivity index (χ2v) is 5.59. The van der Waals surface area contributed by atoms with Gasteiger partial charge in [-0.1, -0.05) is 39.0 Å². The Balaban J connectivity index is 1.95. The largest absolute Gasteiger partial charge is 0.301 e. The molecule has 2 heteroatoms. The minimum atomic E-state index is 0.722. The Labute approximate surface area is 108 Å². The molecule has 1 radical (unpaired) electrons. The molecule has 0 saturated carbocycles. The highest BCUT2D eigenvalue weighted by Gasteiger charge is 2.17. The lowest BCUT2D eigenvalue weighted by Gasteiger charge is -2.36. The normalized spacial score (nSPS) is 19.1. The maximum absolute atomic E-state index is 3.89. The van der Waals surface area contributed by atoms with E-state index < -0.39 is 0 Å². The third-order valence-electron chi connectivity index (χ3n) is 3.86. The molecule has 0 aromatic rings. The number of unbranched alkanes of at least 4 members (excludes halogenated alkanes) is 5. The molecule has 0 aromatic carbocycles. The van der Waals surface area contributed by atoms with Gasteiger partial charge in [0.05, 0.1) is 0 Å². The lowest BCUT2D eigenvalue weighted by molar-refractivity contribution is 0.107. The molecule has 0 aromatic heterocycles. The highest BCUT2D eigenvalue weighted by Crippen LogP contribution is 2.09. The molecule has 1 fully saturated rings. The Bertz CT molecular complexity index is 172. The maximum atomic E-state index is 3.89. The summed E-state index contributed by atoms with van der Waals surface area (Å²) < 4.78 is 0. The molecule has 0 atom stereocenters. The SMILES string of the molecule is [CH2]CCCCCCCN1CCN(C(C)C)CC1. The zero-order valence-corrected chi connectivity index (χ0v) is 12.0. The van der Waals surface area contributed by atoms with E-state index in [2.05, 4.69) is 30.6 Å². The van der Waals surface area contributed by atoms with Crippen LogP contribution in [0.3, 0.4) is 0 Å². The fraction of sp³-hybridized carbons (Fsp3) is 0.933. The number of nitrogens with zero attached hydrogens (tertiary/aromatic N) is 2. The summed E-state index contributed by atoms with van der Waals surface area (Å²) >= 11 is 0. The van der Waals surface area contributed by atoms with E-state index in [9.17, 15) is 0 Å². The number of hydrogen-bond acceptors (Lipinski definition) is 2. The van der Waals surface area contributed by atoms with Gasteiger partial charge in [0.1, 0.15) is 0 Å². The topological polar surface area (TPSA) is 6.48 Å². The van der Waals surface area contributed by atoms with Gasteiger partial charge in [-0.3, -0.25) is 4.90 Å². The smallest absolute Gasteiger partial charge is 0.0113 e. The van der Waals surface area contributed by atoms with Gasteiger partial charge in [-0.05, 0) is 26.8 Å². The first kappa shape index (κ1) is 15.0. The lowest BCUT2D eigenvalue weighted by Crippen LogP contribution is -2.48. The van der Waals surface area contributed by atoms with Crippen molar-refractivity contribution in [3.05, 3.63) is 6.92 Å². The Kier molecular flexibility index (Phi) is 7.87. The summed E-state index contributed by atoms with van der Waals surface area (Å²) in [5.74, 6) is 0. The zero-order chi connectivity index (χ0) is 12.5. The van der Waals surface area contributed by atoms with Crippen molar-refractivity contribution in [2.75, 3.05) is 32.7 Å². The predicted octanol–water partition coefficient (Wildman–Crippen LogP) is 3.19. The van der Waals surface area contributed by atoms with Crippen molar-refractivity contribution in [2.45, 2.75) is 58.4 Å². The molecular weight excluding hydrogens is 208 g/mol. The maximum Gasteiger partial charge on any atom is 0.0113 e. The molecule has 0 unspecified atom stereocenters. The van der Waals surface area contributed by atoms with Gasteiger partial charge in [0, 0.05) is 32.2 Å². The van der Waals surface area contributed by atoms with E-state index in [-0.39, 0.29) is 0 Å². The molecule has 1 heterocycles. The van der Waals surface area contributed by atoms with Crippen molar-refractivity contribution < 1.29 is 0 Å². The molecule has 0 amide bonds. The van der Waals surface area contributed by atoms with Crippen molar-refractivity contribution >= 4 is 0 Å².